The Labute approximate surface area is 124 Å². The molecule has 1 aromatic rings. The van der Waals surface area contributed by atoms with Crippen LogP contribution < -0.4 is 10.1 Å². The Morgan fingerprint density at radius 3 is 2.71 bits per heavy atom. The highest BCUT2D eigenvalue weighted by atomic mass is 16.5. The summed E-state index contributed by atoms with van der Waals surface area (Å²) < 4.78 is 5.44. The van der Waals surface area contributed by atoms with Gasteiger partial charge in [-0.15, -0.1) is 0 Å². The number of likely N-dealkylation sites (N-methyl/N-ethyl adjacent to an activating group) is 1. The first-order chi connectivity index (χ1) is 10.0. The molecule has 0 bridgehead atoms. The molecule has 0 saturated carbocycles. The molecule has 0 aliphatic heterocycles. The van der Waals surface area contributed by atoms with Gasteiger partial charge in [-0.05, 0) is 39.1 Å². The number of benzene rings is 1. The van der Waals surface area contributed by atoms with Gasteiger partial charge in [-0.1, -0.05) is 12.1 Å². The van der Waals surface area contributed by atoms with Gasteiger partial charge in [0.05, 0.1) is 18.8 Å². The van der Waals surface area contributed by atoms with E-state index in [1.54, 1.807) is 24.1 Å². The normalized spacial score (nSPS) is 10.4. The van der Waals surface area contributed by atoms with Gasteiger partial charge in [-0.2, -0.15) is 0 Å². The minimum atomic E-state index is -0.821. The maximum Gasteiger partial charge on any atom is 0.303 e. The fourth-order valence-corrected chi connectivity index (χ4v) is 1.87. The number of nitrogens with zero attached hydrogens (tertiary/aromatic N) is 1. The number of amides is 1. The maximum absolute atomic E-state index is 12.0. The number of carboxylic acids is 1. The molecule has 0 saturated heterocycles. The van der Waals surface area contributed by atoms with Crippen molar-refractivity contribution in [3.05, 3.63) is 24.3 Å². The Morgan fingerprint density at radius 2 is 2.05 bits per heavy atom. The van der Waals surface area contributed by atoms with Gasteiger partial charge >= 0.3 is 5.97 Å². The lowest BCUT2D eigenvalue weighted by Crippen LogP contribution is -2.31. The molecule has 1 rings (SSSR count). The molecule has 116 valence electrons. The van der Waals surface area contributed by atoms with Crippen LogP contribution in [0.25, 0.3) is 0 Å². The van der Waals surface area contributed by atoms with Gasteiger partial charge in [0.15, 0.2) is 0 Å². The van der Waals surface area contributed by atoms with Crippen molar-refractivity contribution in [3.8, 4) is 5.75 Å². The lowest BCUT2D eigenvalue weighted by Gasteiger charge is -2.16. The lowest BCUT2D eigenvalue weighted by molar-refractivity contribution is -0.137. The predicted octanol–water partition coefficient (Wildman–Crippen LogP) is 1.82. The molecule has 2 N–H and O–H groups in total. The first kappa shape index (κ1) is 17.0. The fraction of sp³-hybridized carbons (Fsp3) is 0.467. The van der Waals surface area contributed by atoms with Crippen molar-refractivity contribution in [2.45, 2.75) is 19.8 Å². The summed E-state index contributed by atoms with van der Waals surface area (Å²) in [6, 6.07) is 7.26. The van der Waals surface area contributed by atoms with Crippen LogP contribution in [0.15, 0.2) is 24.3 Å². The zero-order valence-corrected chi connectivity index (χ0v) is 12.5. The van der Waals surface area contributed by atoms with Crippen LogP contribution in [-0.4, -0.2) is 48.6 Å². The number of carboxylic acid groups (broad SMARTS) is 1. The molecule has 0 unspecified atom stereocenters. The number of carbonyl (C=O) groups is 2. The maximum atomic E-state index is 12.0. The van der Waals surface area contributed by atoms with E-state index in [-0.39, 0.29) is 18.9 Å². The molecular weight excluding hydrogens is 272 g/mol. The summed E-state index contributed by atoms with van der Waals surface area (Å²) in [6.07, 6.45) is 0.633. The minimum Gasteiger partial charge on any atom is -0.492 e. The van der Waals surface area contributed by atoms with E-state index in [0.717, 1.165) is 0 Å². The Bertz CT molecular complexity index is 476. The molecule has 0 aliphatic rings. The molecule has 0 fully saturated rings. The third kappa shape index (κ3) is 6.76. The van der Waals surface area contributed by atoms with E-state index in [2.05, 4.69) is 5.32 Å². The summed E-state index contributed by atoms with van der Waals surface area (Å²) in [5, 5.41) is 11.4. The molecular formula is C15H22N2O4. The highest BCUT2D eigenvalue weighted by Gasteiger charge is 2.10. The monoisotopic (exact) mass is 294 g/mol. The zero-order chi connectivity index (χ0) is 15.7. The number of hydrogen-bond donors (Lipinski definition) is 2. The average molecular weight is 294 g/mol. The van der Waals surface area contributed by atoms with Crippen LogP contribution >= 0.6 is 0 Å². The Balaban J connectivity index is 2.44. The molecule has 0 radical (unpaired) electrons. The van der Waals surface area contributed by atoms with Crippen LogP contribution in [0.3, 0.4) is 0 Å². The second-order valence-corrected chi connectivity index (χ2v) is 4.71. The second-order valence-electron chi connectivity index (χ2n) is 4.71. The molecule has 0 aliphatic carbocycles. The third-order valence-corrected chi connectivity index (χ3v) is 2.80. The van der Waals surface area contributed by atoms with Crippen LogP contribution in [0, 0.1) is 0 Å². The third-order valence-electron chi connectivity index (χ3n) is 2.80. The van der Waals surface area contributed by atoms with Crippen LogP contribution in [0.4, 0.5) is 5.69 Å². The fourth-order valence-electron chi connectivity index (χ4n) is 1.87. The topological polar surface area (TPSA) is 78.9 Å². The smallest absolute Gasteiger partial charge is 0.303 e. The van der Waals surface area contributed by atoms with Gasteiger partial charge in [0.25, 0.3) is 0 Å². The lowest BCUT2D eigenvalue weighted by atomic mass is 10.3. The molecule has 0 heterocycles. The number of rotatable bonds is 9. The Kier molecular flexibility index (Phi) is 7.25. The summed E-state index contributed by atoms with van der Waals surface area (Å²) in [6.45, 7) is 3.18. The van der Waals surface area contributed by atoms with E-state index in [9.17, 15) is 9.59 Å². The largest absolute Gasteiger partial charge is 0.492 e. The van der Waals surface area contributed by atoms with Crippen LogP contribution in [0.5, 0.6) is 5.75 Å². The molecule has 0 atom stereocenters. The molecule has 1 aromatic carbocycles. The average Bonchev–Trinajstić information content (AvgIpc) is 2.40. The summed E-state index contributed by atoms with van der Waals surface area (Å²) in [5.74, 6) is -0.333. The molecule has 21 heavy (non-hydrogen) atoms. The van der Waals surface area contributed by atoms with Crippen molar-refractivity contribution >= 4 is 17.6 Å². The quantitative estimate of drug-likeness (QED) is 0.726. The first-order valence-corrected chi connectivity index (χ1v) is 6.95. The number of carbonyl (C=O) groups excluding carboxylic acids is 1. The number of para-hydroxylation sites is 2. The number of nitrogens with one attached hydrogen (secondary N) is 1. The van der Waals surface area contributed by atoms with E-state index in [1.165, 1.54) is 0 Å². The van der Waals surface area contributed by atoms with Gasteiger partial charge < -0.3 is 15.2 Å². The summed E-state index contributed by atoms with van der Waals surface area (Å²) in [4.78, 5) is 24.2. The van der Waals surface area contributed by atoms with Crippen molar-refractivity contribution in [1.82, 2.24) is 4.90 Å². The Hall–Kier alpha value is -2.08. The van der Waals surface area contributed by atoms with E-state index in [1.807, 2.05) is 19.1 Å². The Morgan fingerprint density at radius 1 is 1.33 bits per heavy atom. The van der Waals surface area contributed by atoms with Crippen molar-refractivity contribution in [1.29, 1.82) is 0 Å². The number of anilines is 1. The summed E-state index contributed by atoms with van der Waals surface area (Å²) >= 11 is 0. The number of ether oxygens (including phenoxy) is 1. The van der Waals surface area contributed by atoms with Crippen LogP contribution in [0.1, 0.15) is 19.8 Å². The van der Waals surface area contributed by atoms with Gasteiger partial charge in [0, 0.05) is 6.42 Å². The molecule has 6 nitrogen and oxygen atoms in total. The second kappa shape index (κ2) is 8.97. The SMILES string of the molecule is CCOc1ccccc1NC(=O)CN(C)CCCC(=O)O. The number of aliphatic carboxylic acids is 1. The van der Waals surface area contributed by atoms with Gasteiger partial charge in [0.1, 0.15) is 5.75 Å². The van der Waals surface area contributed by atoms with Crippen molar-refractivity contribution in [3.63, 3.8) is 0 Å². The molecule has 0 aromatic heterocycles. The van der Waals surface area contributed by atoms with E-state index in [0.29, 0.717) is 31.0 Å². The molecule has 0 spiro atoms. The summed E-state index contributed by atoms with van der Waals surface area (Å²) in [7, 11) is 1.79. The van der Waals surface area contributed by atoms with E-state index < -0.39 is 5.97 Å². The van der Waals surface area contributed by atoms with Crippen molar-refractivity contribution in [2.75, 3.05) is 32.1 Å². The highest BCUT2D eigenvalue weighted by molar-refractivity contribution is 5.93. The predicted molar refractivity (Wildman–Crippen MR) is 80.6 cm³/mol. The molecule has 1 amide bonds. The van der Waals surface area contributed by atoms with E-state index >= 15 is 0 Å². The minimum absolute atomic E-state index is 0.110. The first-order valence-electron chi connectivity index (χ1n) is 6.95. The zero-order valence-electron chi connectivity index (χ0n) is 12.5. The molecule has 6 heteroatoms. The summed E-state index contributed by atoms with van der Waals surface area (Å²) in [5.41, 5.74) is 0.642. The number of hydrogen-bond acceptors (Lipinski definition) is 4. The van der Waals surface area contributed by atoms with Gasteiger partial charge in [0.2, 0.25) is 5.91 Å². The van der Waals surface area contributed by atoms with Gasteiger partial charge in [-0.3, -0.25) is 14.5 Å². The van der Waals surface area contributed by atoms with Crippen molar-refractivity contribution < 1.29 is 19.4 Å². The van der Waals surface area contributed by atoms with E-state index in [4.69, 9.17) is 9.84 Å². The van der Waals surface area contributed by atoms with Crippen LogP contribution in [0.2, 0.25) is 0 Å². The van der Waals surface area contributed by atoms with Crippen LogP contribution in [-0.2, 0) is 9.59 Å². The highest BCUT2D eigenvalue weighted by Crippen LogP contribution is 2.23. The standard InChI is InChI=1S/C15H22N2O4/c1-3-21-13-8-5-4-7-12(13)16-14(18)11-17(2)10-6-9-15(19)20/h4-5,7-8H,3,6,9-11H2,1-2H3,(H,16,18)(H,19,20). The van der Waals surface area contributed by atoms with Gasteiger partial charge in [-0.25, -0.2) is 0 Å². The van der Waals surface area contributed by atoms with Crippen molar-refractivity contribution in [2.24, 2.45) is 0 Å².